The zero-order chi connectivity index (χ0) is 15.9. The Labute approximate surface area is 157 Å². The van der Waals surface area contributed by atoms with Gasteiger partial charge in [-0.25, -0.2) is 8.42 Å². The second-order valence-electron chi connectivity index (χ2n) is 5.28. The van der Waals surface area contributed by atoms with Gasteiger partial charge in [-0.2, -0.15) is 0 Å². The molecule has 0 aromatic heterocycles. The second-order valence-corrected chi connectivity index (χ2v) is 6.97. The van der Waals surface area contributed by atoms with Crippen LogP contribution in [0.25, 0.3) is 0 Å². The maximum Gasteiger partial charge on any atom is 1.00 e. The van der Waals surface area contributed by atoms with Gasteiger partial charge in [0.25, 0.3) is 5.91 Å². The molecule has 3 rings (SSSR count). The van der Waals surface area contributed by atoms with Crippen LogP contribution in [0.15, 0.2) is 48.5 Å². The average Bonchev–Trinajstić information content (AvgIpc) is 2.83. The summed E-state index contributed by atoms with van der Waals surface area (Å²) in [6, 6.07) is 13.9. The first kappa shape index (κ1) is 18.2. The molecule has 1 aliphatic heterocycles. The van der Waals surface area contributed by atoms with Gasteiger partial charge in [0.2, 0.25) is 0 Å². The first-order chi connectivity index (χ1) is 10.4. The Morgan fingerprint density at radius 2 is 1.70 bits per heavy atom. The van der Waals surface area contributed by atoms with Crippen molar-refractivity contribution >= 4 is 21.7 Å². The minimum Gasteiger partial charge on any atom is -0.747 e. The molecular weight excluding hydrogens is 325 g/mol. The number of hydrogen-bond donors (Lipinski definition) is 0. The largest absolute Gasteiger partial charge is 1.00 e. The number of carbonyl (C=O) groups is 1. The van der Waals surface area contributed by atoms with Gasteiger partial charge in [0, 0.05) is 11.3 Å². The fourth-order valence-electron chi connectivity index (χ4n) is 2.55. The summed E-state index contributed by atoms with van der Waals surface area (Å²) in [7, 11) is -4.37. The van der Waals surface area contributed by atoms with Crippen LogP contribution in [0.3, 0.4) is 0 Å². The van der Waals surface area contributed by atoms with Gasteiger partial charge in [-0.1, -0.05) is 30.3 Å². The summed E-state index contributed by atoms with van der Waals surface area (Å²) in [4.78, 5) is 14.0. The zero-order valence-electron chi connectivity index (χ0n) is 12.9. The molecule has 0 aliphatic carbocycles. The van der Waals surface area contributed by atoms with Crippen LogP contribution in [-0.2, 0) is 16.7 Å². The summed E-state index contributed by atoms with van der Waals surface area (Å²) in [6.45, 7) is 1.85. The van der Waals surface area contributed by atoms with Gasteiger partial charge in [-0.05, 0) is 36.2 Å². The molecule has 0 saturated heterocycles. The van der Waals surface area contributed by atoms with E-state index in [0.29, 0.717) is 23.4 Å². The van der Waals surface area contributed by atoms with Crippen LogP contribution in [0.4, 0.5) is 5.69 Å². The van der Waals surface area contributed by atoms with Crippen molar-refractivity contribution in [2.24, 2.45) is 0 Å². The molecule has 1 amide bonds. The number of anilines is 1. The van der Waals surface area contributed by atoms with E-state index in [1.807, 2.05) is 18.2 Å². The maximum atomic E-state index is 12.4. The molecule has 23 heavy (non-hydrogen) atoms. The first-order valence-electron chi connectivity index (χ1n) is 6.82. The van der Waals surface area contributed by atoms with E-state index >= 15 is 0 Å². The summed E-state index contributed by atoms with van der Waals surface area (Å²) in [6.07, 6.45) is 0. The predicted octanol–water partition coefficient (Wildman–Crippen LogP) is -0.543. The summed E-state index contributed by atoms with van der Waals surface area (Å²) >= 11 is 0. The molecule has 2 aromatic carbocycles. The van der Waals surface area contributed by atoms with E-state index < -0.39 is 15.4 Å². The van der Waals surface area contributed by atoms with E-state index in [-0.39, 0.29) is 35.5 Å². The normalized spacial score (nSPS) is 15.0. The molecule has 7 heteroatoms. The Kier molecular flexibility index (Phi) is 5.33. The van der Waals surface area contributed by atoms with Crippen LogP contribution in [0.2, 0.25) is 0 Å². The van der Waals surface area contributed by atoms with Crippen molar-refractivity contribution in [1.29, 1.82) is 0 Å². The monoisotopic (exact) mass is 339 g/mol. The topological polar surface area (TPSA) is 77.5 Å². The predicted molar refractivity (Wildman–Crippen MR) is 81.5 cm³/mol. The molecule has 2 aromatic rings. The minimum absolute atomic E-state index is 0. The van der Waals surface area contributed by atoms with Gasteiger partial charge in [-0.3, -0.25) is 4.79 Å². The smallest absolute Gasteiger partial charge is 0.747 e. The number of hydrogen-bond acceptors (Lipinski definition) is 4. The third-order valence-electron chi connectivity index (χ3n) is 3.93. The molecule has 1 aliphatic rings. The van der Waals surface area contributed by atoms with E-state index in [1.165, 1.54) is 6.92 Å². The van der Waals surface area contributed by atoms with Crippen molar-refractivity contribution in [2.75, 3.05) is 4.90 Å². The van der Waals surface area contributed by atoms with Crippen LogP contribution in [0.5, 0.6) is 0 Å². The van der Waals surface area contributed by atoms with Crippen molar-refractivity contribution in [3.63, 3.8) is 0 Å². The molecule has 0 N–H and O–H groups in total. The second kappa shape index (κ2) is 6.75. The molecule has 1 heterocycles. The molecule has 0 saturated carbocycles. The first-order valence-corrected chi connectivity index (χ1v) is 8.29. The molecule has 0 bridgehead atoms. The molecule has 0 fully saturated rings. The van der Waals surface area contributed by atoms with Gasteiger partial charge in [-0.15, -0.1) is 0 Å². The summed E-state index contributed by atoms with van der Waals surface area (Å²) in [5.74, 6) is -0.0761. The minimum atomic E-state index is -4.37. The molecule has 0 spiro atoms. The van der Waals surface area contributed by atoms with Crippen LogP contribution in [0.1, 0.15) is 33.7 Å². The number of rotatable bonds is 3. The van der Waals surface area contributed by atoms with E-state index in [9.17, 15) is 17.8 Å². The summed E-state index contributed by atoms with van der Waals surface area (Å²) < 4.78 is 33.2. The number of benzene rings is 2. The van der Waals surface area contributed by atoms with Crippen LogP contribution < -0.4 is 34.5 Å². The van der Waals surface area contributed by atoms with Crippen molar-refractivity contribution in [1.82, 2.24) is 0 Å². The van der Waals surface area contributed by atoms with E-state index in [1.54, 1.807) is 35.2 Å². The molecule has 1 atom stereocenters. The SMILES string of the molecule is C[C@@H](c1ccc(N2Cc3ccccc3C2=O)cc1)S(=O)(=O)[O-].[Na+]. The third kappa shape index (κ3) is 3.51. The Bertz CT molecular complexity index is 833. The van der Waals surface area contributed by atoms with Gasteiger partial charge >= 0.3 is 29.6 Å². The van der Waals surface area contributed by atoms with Crippen molar-refractivity contribution < 1.29 is 47.3 Å². The van der Waals surface area contributed by atoms with Gasteiger partial charge in [0.15, 0.2) is 0 Å². The van der Waals surface area contributed by atoms with Crippen molar-refractivity contribution in [3.8, 4) is 0 Å². The zero-order valence-corrected chi connectivity index (χ0v) is 15.7. The maximum absolute atomic E-state index is 12.4. The molecule has 114 valence electrons. The number of amides is 1. The van der Waals surface area contributed by atoms with E-state index in [0.717, 1.165) is 5.56 Å². The van der Waals surface area contributed by atoms with E-state index in [2.05, 4.69) is 0 Å². The fourth-order valence-corrected chi connectivity index (χ4v) is 3.05. The van der Waals surface area contributed by atoms with Crippen molar-refractivity contribution in [2.45, 2.75) is 18.7 Å². The Morgan fingerprint density at radius 1 is 1.09 bits per heavy atom. The Morgan fingerprint density at radius 3 is 2.26 bits per heavy atom. The van der Waals surface area contributed by atoms with Gasteiger partial charge in [0.1, 0.15) is 10.1 Å². The van der Waals surface area contributed by atoms with Crippen LogP contribution in [0, 0.1) is 0 Å². The third-order valence-corrected chi connectivity index (χ3v) is 5.07. The molecule has 5 nitrogen and oxygen atoms in total. The van der Waals surface area contributed by atoms with Crippen LogP contribution in [-0.4, -0.2) is 18.9 Å². The quantitative estimate of drug-likeness (QED) is 0.556. The number of carbonyl (C=O) groups excluding carboxylic acids is 1. The average molecular weight is 339 g/mol. The molecule has 0 unspecified atom stereocenters. The number of fused-ring (bicyclic) bond motifs is 1. The molecular formula is C16H14NNaO4S. The number of nitrogens with zero attached hydrogens (tertiary/aromatic N) is 1. The van der Waals surface area contributed by atoms with E-state index in [4.69, 9.17) is 0 Å². The van der Waals surface area contributed by atoms with Gasteiger partial charge < -0.3 is 9.45 Å². The summed E-state index contributed by atoms with van der Waals surface area (Å²) in [5.41, 5.74) is 2.75. The standard InChI is InChI=1S/C16H15NO4S.Na/c1-11(22(19,20)21)12-6-8-14(9-7-12)17-10-13-4-2-3-5-15(13)16(17)18;/h2-9,11H,10H2,1H3,(H,19,20,21);/q;+1/p-1/t11-;/m0./s1. The van der Waals surface area contributed by atoms with Crippen LogP contribution >= 0.6 is 0 Å². The Hall–Kier alpha value is -1.18. The fraction of sp³-hybridized carbons (Fsp3) is 0.188. The summed E-state index contributed by atoms with van der Waals surface area (Å²) in [5, 5.41) is -1.10. The van der Waals surface area contributed by atoms with Gasteiger partial charge in [0.05, 0.1) is 11.8 Å². The van der Waals surface area contributed by atoms with Crippen molar-refractivity contribution in [3.05, 3.63) is 65.2 Å². The molecule has 0 radical (unpaired) electrons. The Balaban J connectivity index is 0.00000192.